The molecule has 96 valence electrons. The predicted molar refractivity (Wildman–Crippen MR) is 71.8 cm³/mol. The molecule has 1 aliphatic carbocycles. The van der Waals surface area contributed by atoms with Crippen molar-refractivity contribution < 1.29 is 4.39 Å². The minimum absolute atomic E-state index is 0.0891. The van der Waals surface area contributed by atoms with Gasteiger partial charge < -0.3 is 11.1 Å². The van der Waals surface area contributed by atoms with Crippen molar-refractivity contribution in [2.45, 2.75) is 25.4 Å². The van der Waals surface area contributed by atoms with Crippen LogP contribution in [0.4, 0.5) is 4.39 Å². The van der Waals surface area contributed by atoms with Crippen LogP contribution in [0.3, 0.4) is 0 Å². The van der Waals surface area contributed by atoms with Crippen LogP contribution in [0.15, 0.2) is 34.5 Å². The highest BCUT2D eigenvalue weighted by molar-refractivity contribution is 8.03. The lowest BCUT2D eigenvalue weighted by atomic mass is 9.97. The van der Waals surface area contributed by atoms with Crippen LogP contribution in [-0.4, -0.2) is 11.5 Å². The first-order valence-corrected chi connectivity index (χ1v) is 6.74. The van der Waals surface area contributed by atoms with E-state index in [2.05, 4.69) is 11.4 Å². The topological polar surface area (TPSA) is 61.8 Å². The van der Waals surface area contributed by atoms with Crippen molar-refractivity contribution in [1.29, 1.82) is 5.26 Å². The fourth-order valence-electron chi connectivity index (χ4n) is 2.03. The summed E-state index contributed by atoms with van der Waals surface area (Å²) < 4.78 is 13.6. The molecule has 5 heteroatoms. The Labute approximate surface area is 111 Å². The summed E-state index contributed by atoms with van der Waals surface area (Å²) in [6.45, 7) is 3.75. The fraction of sp³-hybridized carbons (Fsp3) is 0.462. The third kappa shape index (κ3) is 2.54. The number of halogens is 1. The number of nitrogens with zero attached hydrogens (tertiary/aromatic N) is 1. The van der Waals surface area contributed by atoms with Gasteiger partial charge >= 0.3 is 0 Å². The highest BCUT2D eigenvalue weighted by atomic mass is 32.2. The number of nitriles is 1. The molecule has 18 heavy (non-hydrogen) atoms. The van der Waals surface area contributed by atoms with Crippen LogP contribution in [0.2, 0.25) is 0 Å². The minimum Gasteiger partial charge on any atom is -0.397 e. The van der Waals surface area contributed by atoms with Gasteiger partial charge in [-0.1, -0.05) is 19.1 Å². The third-order valence-electron chi connectivity index (χ3n) is 3.08. The molecule has 2 aliphatic rings. The van der Waals surface area contributed by atoms with Crippen molar-refractivity contribution in [2.24, 2.45) is 17.6 Å². The zero-order valence-corrected chi connectivity index (χ0v) is 11.2. The summed E-state index contributed by atoms with van der Waals surface area (Å²) in [5, 5.41) is 12.1. The molecular weight excluding hydrogens is 249 g/mol. The Morgan fingerprint density at radius 1 is 1.44 bits per heavy atom. The van der Waals surface area contributed by atoms with E-state index < -0.39 is 6.17 Å². The van der Waals surface area contributed by atoms with Crippen molar-refractivity contribution in [2.75, 3.05) is 0 Å². The molecule has 4 atom stereocenters. The van der Waals surface area contributed by atoms with Crippen molar-refractivity contribution in [3.63, 3.8) is 0 Å². The molecule has 2 rings (SSSR count). The monoisotopic (exact) mass is 265 g/mol. The smallest absolute Gasteiger partial charge is 0.127 e. The summed E-state index contributed by atoms with van der Waals surface area (Å²) in [7, 11) is 0. The molecular formula is C13H16FN3S. The molecule has 0 saturated carbocycles. The molecule has 0 fully saturated rings. The van der Waals surface area contributed by atoms with E-state index in [9.17, 15) is 4.39 Å². The van der Waals surface area contributed by atoms with Crippen molar-refractivity contribution in [1.82, 2.24) is 5.32 Å². The lowest BCUT2D eigenvalue weighted by molar-refractivity contribution is 0.328. The van der Waals surface area contributed by atoms with Crippen molar-refractivity contribution in [3.8, 4) is 6.07 Å². The Morgan fingerprint density at radius 3 is 2.83 bits per heavy atom. The lowest BCUT2D eigenvalue weighted by Gasteiger charge is -2.24. The molecule has 0 aromatic heterocycles. The summed E-state index contributed by atoms with van der Waals surface area (Å²) in [6.07, 6.45) is 4.11. The standard InChI is InChI=1S/C13H16FN3S/c1-7-3-11(16)12(5-10(7)14)17-13-9(6-15)4-8(2)18-13/h3-5,7,9-10,13,17H,16H2,1-2H3. The number of hydrogen-bond acceptors (Lipinski definition) is 4. The van der Waals surface area contributed by atoms with Crippen LogP contribution in [0, 0.1) is 23.2 Å². The van der Waals surface area contributed by atoms with Gasteiger partial charge in [0.2, 0.25) is 0 Å². The SMILES string of the molecule is CC1=CC(C#N)C(NC2=CC(F)C(C)C=C2N)S1. The quantitative estimate of drug-likeness (QED) is 0.805. The molecule has 0 bridgehead atoms. The van der Waals surface area contributed by atoms with Gasteiger partial charge in [-0.15, -0.1) is 11.8 Å². The van der Waals surface area contributed by atoms with Gasteiger partial charge in [0.05, 0.1) is 28.8 Å². The molecule has 0 spiro atoms. The zero-order chi connectivity index (χ0) is 13.3. The van der Waals surface area contributed by atoms with E-state index in [1.807, 2.05) is 13.0 Å². The summed E-state index contributed by atoms with van der Waals surface area (Å²) in [6, 6.07) is 2.23. The second-order valence-electron chi connectivity index (χ2n) is 4.62. The maximum atomic E-state index is 13.6. The van der Waals surface area contributed by atoms with Gasteiger partial charge in [-0.3, -0.25) is 0 Å². The Bertz CT molecular complexity index is 475. The van der Waals surface area contributed by atoms with Gasteiger partial charge in [0, 0.05) is 5.92 Å². The number of rotatable bonds is 2. The highest BCUT2D eigenvalue weighted by Gasteiger charge is 2.29. The lowest BCUT2D eigenvalue weighted by Crippen LogP contribution is -2.34. The van der Waals surface area contributed by atoms with E-state index in [4.69, 9.17) is 11.0 Å². The summed E-state index contributed by atoms with van der Waals surface area (Å²) in [5.41, 5.74) is 7.04. The molecule has 0 aromatic rings. The molecule has 3 N–H and O–H groups in total. The maximum absolute atomic E-state index is 13.6. The van der Waals surface area contributed by atoms with Gasteiger partial charge in [-0.2, -0.15) is 5.26 Å². The first-order chi connectivity index (χ1) is 8.51. The highest BCUT2D eigenvalue weighted by Crippen LogP contribution is 2.35. The van der Waals surface area contributed by atoms with Crippen molar-refractivity contribution in [3.05, 3.63) is 34.5 Å². The number of allylic oxidation sites excluding steroid dienone is 3. The van der Waals surface area contributed by atoms with E-state index in [1.54, 1.807) is 24.8 Å². The van der Waals surface area contributed by atoms with Gasteiger partial charge in [-0.25, -0.2) is 4.39 Å². The van der Waals surface area contributed by atoms with Gasteiger partial charge in [0.15, 0.2) is 0 Å². The molecule has 4 unspecified atom stereocenters. The molecule has 1 aliphatic heterocycles. The first-order valence-electron chi connectivity index (χ1n) is 5.86. The molecule has 3 nitrogen and oxygen atoms in total. The van der Waals surface area contributed by atoms with Crippen LogP contribution >= 0.6 is 11.8 Å². The Hall–Kier alpha value is -1.41. The molecule has 0 radical (unpaired) electrons. The van der Waals surface area contributed by atoms with E-state index in [0.29, 0.717) is 11.4 Å². The van der Waals surface area contributed by atoms with Crippen LogP contribution < -0.4 is 11.1 Å². The maximum Gasteiger partial charge on any atom is 0.127 e. The number of alkyl halides is 1. The Balaban J connectivity index is 2.10. The molecule has 1 heterocycles. The Kier molecular flexibility index (Phi) is 3.67. The summed E-state index contributed by atoms with van der Waals surface area (Å²) in [5.74, 6) is -0.403. The van der Waals surface area contributed by atoms with E-state index >= 15 is 0 Å². The summed E-state index contributed by atoms with van der Waals surface area (Å²) in [4.78, 5) is 1.10. The van der Waals surface area contributed by atoms with Crippen LogP contribution in [-0.2, 0) is 0 Å². The second-order valence-corrected chi connectivity index (χ2v) is 6.01. The zero-order valence-electron chi connectivity index (χ0n) is 10.4. The van der Waals surface area contributed by atoms with E-state index in [1.165, 1.54) is 6.08 Å². The first kappa shape index (κ1) is 13.0. The van der Waals surface area contributed by atoms with Crippen LogP contribution in [0.5, 0.6) is 0 Å². The number of nitrogens with one attached hydrogen (secondary N) is 1. The average Bonchev–Trinajstić information content (AvgIpc) is 2.66. The second kappa shape index (κ2) is 5.07. The third-order valence-corrected chi connectivity index (χ3v) is 4.25. The number of thioether (sulfide) groups is 1. The molecule has 0 aromatic carbocycles. The van der Waals surface area contributed by atoms with Crippen molar-refractivity contribution >= 4 is 11.8 Å². The normalized spacial score (nSPS) is 35.3. The fourth-order valence-corrected chi connectivity index (χ4v) is 3.13. The summed E-state index contributed by atoms with van der Waals surface area (Å²) >= 11 is 1.58. The number of hydrogen-bond donors (Lipinski definition) is 2. The van der Waals surface area contributed by atoms with Gasteiger partial charge in [0.25, 0.3) is 0 Å². The Morgan fingerprint density at radius 2 is 2.17 bits per heavy atom. The molecule has 0 amide bonds. The molecule has 0 saturated heterocycles. The minimum atomic E-state index is -1.03. The van der Waals surface area contributed by atoms with Gasteiger partial charge in [0.1, 0.15) is 6.17 Å². The van der Waals surface area contributed by atoms with Crippen LogP contribution in [0.25, 0.3) is 0 Å². The van der Waals surface area contributed by atoms with Crippen LogP contribution in [0.1, 0.15) is 13.8 Å². The van der Waals surface area contributed by atoms with Gasteiger partial charge in [-0.05, 0) is 17.9 Å². The predicted octanol–water partition coefficient (Wildman–Crippen LogP) is 2.41. The van der Waals surface area contributed by atoms with E-state index in [-0.39, 0.29) is 17.2 Å². The van der Waals surface area contributed by atoms with E-state index in [0.717, 1.165) is 4.91 Å². The number of nitrogens with two attached hydrogens (primary N) is 1. The average molecular weight is 265 g/mol. The largest absolute Gasteiger partial charge is 0.397 e.